The zero-order chi connectivity index (χ0) is 31.6. The van der Waals surface area contributed by atoms with E-state index in [-0.39, 0.29) is 12.2 Å². The summed E-state index contributed by atoms with van der Waals surface area (Å²) in [5.41, 5.74) is -3.86. The summed E-state index contributed by atoms with van der Waals surface area (Å²) in [6.07, 6.45) is 2.40. The summed E-state index contributed by atoms with van der Waals surface area (Å²) >= 11 is 0. The highest BCUT2D eigenvalue weighted by atomic mass is 31.2. The molecular weight excluding hydrogens is 581 g/mol. The first-order valence-electron chi connectivity index (χ1n) is 13.2. The van der Waals surface area contributed by atoms with Gasteiger partial charge in [0.2, 0.25) is 5.72 Å². The van der Waals surface area contributed by atoms with Gasteiger partial charge in [0.1, 0.15) is 24.0 Å². The molecule has 1 unspecified atom stereocenters. The molecule has 3 aromatic rings. The lowest BCUT2D eigenvalue weighted by molar-refractivity contribution is -0.154. The summed E-state index contributed by atoms with van der Waals surface area (Å²) < 4.78 is 36.8. The van der Waals surface area contributed by atoms with Gasteiger partial charge in [0.15, 0.2) is 0 Å². The molecule has 2 aromatic carbocycles. The Morgan fingerprint density at radius 1 is 1.12 bits per heavy atom. The molecule has 3 rings (SSSR count). The van der Waals surface area contributed by atoms with Crippen LogP contribution in [-0.4, -0.2) is 63.8 Å². The molecule has 0 aliphatic carbocycles. The summed E-state index contributed by atoms with van der Waals surface area (Å²) in [4.78, 5) is 38.9. The summed E-state index contributed by atoms with van der Waals surface area (Å²) in [6, 6.07) is 16.6. The highest BCUT2D eigenvalue weighted by Crippen LogP contribution is 2.45. The fraction of sp³-hybridized carbons (Fsp3) is 0.345. The third-order valence-electron chi connectivity index (χ3n) is 6.08. The second-order valence-electron chi connectivity index (χ2n) is 9.62. The number of terminal acetylenes is 1. The largest absolute Gasteiger partial charge is 0.462 e. The van der Waals surface area contributed by atoms with E-state index in [0.29, 0.717) is 4.57 Å². The Morgan fingerprint density at radius 2 is 1.74 bits per heavy atom. The minimum atomic E-state index is -4.48. The van der Waals surface area contributed by atoms with Crippen molar-refractivity contribution in [2.45, 2.75) is 50.3 Å². The molecule has 0 saturated heterocycles. The van der Waals surface area contributed by atoms with Crippen LogP contribution in [0.25, 0.3) is 0 Å². The maximum atomic E-state index is 14.2. The number of hydrogen-bond donors (Lipinski definition) is 4. The summed E-state index contributed by atoms with van der Waals surface area (Å²) in [5, 5.41) is 24.8. The van der Waals surface area contributed by atoms with Crippen molar-refractivity contribution < 1.29 is 38.1 Å². The molecule has 4 N–H and O–H groups in total. The number of aromatic amines is 1. The van der Waals surface area contributed by atoms with Gasteiger partial charge in [-0.15, -0.1) is 6.42 Å². The molecule has 0 aliphatic rings. The van der Waals surface area contributed by atoms with Crippen LogP contribution >= 0.6 is 7.75 Å². The van der Waals surface area contributed by atoms with Crippen LogP contribution in [0.2, 0.25) is 0 Å². The number of hydrogen-bond acceptors (Lipinski definition) is 10. The Labute approximate surface area is 248 Å². The van der Waals surface area contributed by atoms with Gasteiger partial charge in [0.25, 0.3) is 5.56 Å². The van der Waals surface area contributed by atoms with Gasteiger partial charge in [-0.3, -0.25) is 23.7 Å². The van der Waals surface area contributed by atoms with Crippen LogP contribution in [0.1, 0.15) is 19.4 Å². The lowest BCUT2D eigenvalue weighted by Crippen LogP contribution is -2.56. The Morgan fingerprint density at radius 3 is 2.30 bits per heavy atom. The number of aromatic nitrogens is 2. The quantitative estimate of drug-likeness (QED) is 0.111. The fourth-order valence-corrected chi connectivity index (χ4v) is 5.45. The van der Waals surface area contributed by atoms with E-state index in [1.165, 1.54) is 12.1 Å². The van der Waals surface area contributed by atoms with Gasteiger partial charge in [-0.25, -0.2) is 9.36 Å². The third-order valence-corrected chi connectivity index (χ3v) is 7.65. The monoisotopic (exact) mass is 615 g/mol. The number of carbonyl (C=O) groups is 1. The summed E-state index contributed by atoms with van der Waals surface area (Å²) in [6.45, 7) is 2.62. The lowest BCUT2D eigenvalue weighted by Gasteiger charge is -2.34. The van der Waals surface area contributed by atoms with E-state index in [2.05, 4.69) is 5.09 Å². The van der Waals surface area contributed by atoms with Gasteiger partial charge in [-0.05, 0) is 43.9 Å². The minimum absolute atomic E-state index is 0.0557. The van der Waals surface area contributed by atoms with Crippen molar-refractivity contribution >= 4 is 13.7 Å². The van der Waals surface area contributed by atoms with E-state index in [1.54, 1.807) is 62.4 Å². The number of carbonyl (C=O) groups excluding carboxylic acids is 1. The Kier molecular flexibility index (Phi) is 11.6. The minimum Gasteiger partial charge on any atom is -0.462 e. The lowest BCUT2D eigenvalue weighted by atomic mass is 10.0. The predicted octanol–water partition coefficient (Wildman–Crippen LogP) is 1.55. The van der Waals surface area contributed by atoms with Crippen molar-refractivity contribution in [3.63, 3.8) is 0 Å². The van der Waals surface area contributed by atoms with Crippen LogP contribution in [-0.2, 0) is 35.5 Å². The number of aliphatic hydroxyl groups is 2. The molecule has 43 heavy (non-hydrogen) atoms. The average Bonchev–Trinajstić information content (AvgIpc) is 2.97. The average molecular weight is 616 g/mol. The van der Waals surface area contributed by atoms with Gasteiger partial charge in [0, 0.05) is 19.4 Å². The molecule has 1 heterocycles. The molecule has 0 bridgehead atoms. The van der Waals surface area contributed by atoms with Crippen molar-refractivity contribution in [3.8, 4) is 18.1 Å². The van der Waals surface area contributed by atoms with Gasteiger partial charge in [-0.1, -0.05) is 48.5 Å². The smallest absolute Gasteiger partial charge is 0.459 e. The summed E-state index contributed by atoms with van der Waals surface area (Å²) in [5.74, 6) is 1.34. The fourth-order valence-electron chi connectivity index (χ4n) is 3.95. The van der Waals surface area contributed by atoms with E-state index in [1.807, 2.05) is 10.9 Å². The van der Waals surface area contributed by atoms with E-state index in [9.17, 15) is 29.2 Å². The standard InChI is InChI=1S/C29H34N3O10P/c1-5-29(37,32-17-16-25(33)30-28(32)36)26(34)24(39-4)19-40-43(38,42-22-14-10-7-11-15-22)31-23(27(35)41-20(2)3)18-21-12-8-6-9-13-21/h1,6-17,20,23-24,26,34,37H,18-19H2,2-4H3,(H,31,38)(H,30,33,36)/t23-,24+,26+,29+,43?/m0/s1. The molecule has 5 atom stereocenters. The van der Waals surface area contributed by atoms with Gasteiger partial charge in [-0.2, -0.15) is 5.09 Å². The first-order valence-corrected chi connectivity index (χ1v) is 14.7. The number of ether oxygens (including phenoxy) is 2. The maximum absolute atomic E-state index is 14.2. The number of H-pyrrole nitrogens is 1. The van der Waals surface area contributed by atoms with Crippen LogP contribution in [0.5, 0.6) is 5.75 Å². The highest BCUT2D eigenvalue weighted by Gasteiger charge is 2.44. The number of methoxy groups -OCH3 is 1. The third kappa shape index (κ3) is 8.98. The van der Waals surface area contributed by atoms with E-state index in [4.69, 9.17) is 24.9 Å². The van der Waals surface area contributed by atoms with E-state index in [0.717, 1.165) is 24.9 Å². The molecule has 1 aromatic heterocycles. The van der Waals surface area contributed by atoms with Crippen molar-refractivity contribution in [2.75, 3.05) is 13.7 Å². The van der Waals surface area contributed by atoms with Gasteiger partial charge in [0.05, 0.1) is 12.7 Å². The SMILES string of the molecule is C#C[C@@](O)([C@H](O)[C@@H](COP(=O)(N[C@@H](Cc1ccccc1)C(=O)OC(C)C)Oc1ccccc1)OC)n1ccc(=O)[nH]c1=O. The topological polar surface area (TPSA) is 178 Å². The summed E-state index contributed by atoms with van der Waals surface area (Å²) in [7, 11) is -3.33. The number of esters is 1. The van der Waals surface area contributed by atoms with Crippen molar-refractivity contribution in [2.24, 2.45) is 0 Å². The molecule has 230 valence electrons. The number of nitrogens with one attached hydrogen (secondary N) is 2. The van der Waals surface area contributed by atoms with Crippen molar-refractivity contribution in [1.82, 2.24) is 14.6 Å². The normalized spacial score (nSPS) is 16.2. The van der Waals surface area contributed by atoms with Crippen LogP contribution in [0, 0.1) is 12.3 Å². The number of nitrogens with zero attached hydrogens (tertiary/aromatic N) is 1. The molecule has 14 heteroatoms. The molecule has 13 nitrogen and oxygen atoms in total. The molecule has 0 radical (unpaired) electrons. The molecule has 0 amide bonds. The Hall–Kier alpha value is -4.02. The second kappa shape index (κ2) is 14.9. The molecule has 0 aliphatic heterocycles. The number of rotatable bonds is 15. The predicted molar refractivity (Wildman–Crippen MR) is 156 cm³/mol. The Bertz CT molecular complexity index is 1550. The first kappa shape index (κ1) is 33.5. The van der Waals surface area contributed by atoms with Crippen LogP contribution in [0.3, 0.4) is 0 Å². The second-order valence-corrected chi connectivity index (χ2v) is 11.3. The number of aliphatic hydroxyl groups excluding tert-OH is 1. The first-order chi connectivity index (χ1) is 20.4. The van der Waals surface area contributed by atoms with Crippen LogP contribution < -0.4 is 20.9 Å². The van der Waals surface area contributed by atoms with Crippen molar-refractivity contribution in [1.29, 1.82) is 0 Å². The van der Waals surface area contributed by atoms with Gasteiger partial charge >= 0.3 is 19.4 Å². The number of benzene rings is 2. The molecular formula is C29H34N3O10P. The zero-order valence-corrected chi connectivity index (χ0v) is 24.7. The van der Waals surface area contributed by atoms with Crippen LogP contribution in [0.4, 0.5) is 0 Å². The van der Waals surface area contributed by atoms with E-state index < -0.39 is 61.7 Å². The van der Waals surface area contributed by atoms with Gasteiger partial charge < -0.3 is 24.2 Å². The van der Waals surface area contributed by atoms with Crippen LogP contribution in [0.15, 0.2) is 82.5 Å². The molecule has 0 fully saturated rings. The van der Waals surface area contributed by atoms with E-state index >= 15 is 0 Å². The molecule has 0 saturated carbocycles. The maximum Gasteiger partial charge on any atom is 0.459 e. The van der Waals surface area contributed by atoms with Crippen molar-refractivity contribution in [3.05, 3.63) is 99.3 Å². The Balaban J connectivity index is 1.93. The zero-order valence-electron chi connectivity index (χ0n) is 23.8. The molecule has 0 spiro atoms. The highest BCUT2D eigenvalue weighted by molar-refractivity contribution is 7.52. The number of para-hydroxylation sites is 1.